The highest BCUT2D eigenvalue weighted by molar-refractivity contribution is 5.85. The Balaban J connectivity index is 2.14. The number of carbonyl (C=O) groups is 1. The van der Waals surface area contributed by atoms with Crippen molar-refractivity contribution >= 4 is 12.0 Å². The number of benzene rings is 1. The predicted molar refractivity (Wildman–Crippen MR) is 76.8 cm³/mol. The SMILES string of the molecule is CC1CC(C)N(Cc2ccccc2/C=C/C(=O)O)C1. The van der Waals surface area contributed by atoms with Gasteiger partial charge in [0.1, 0.15) is 0 Å². The van der Waals surface area contributed by atoms with Gasteiger partial charge in [-0.1, -0.05) is 31.2 Å². The summed E-state index contributed by atoms with van der Waals surface area (Å²) in [5.41, 5.74) is 2.19. The lowest BCUT2D eigenvalue weighted by atomic mass is 10.1. The number of nitrogens with zero attached hydrogens (tertiary/aromatic N) is 1. The van der Waals surface area contributed by atoms with E-state index in [9.17, 15) is 4.79 Å². The quantitative estimate of drug-likeness (QED) is 0.845. The molecule has 0 amide bonds. The molecule has 102 valence electrons. The monoisotopic (exact) mass is 259 g/mol. The van der Waals surface area contributed by atoms with E-state index >= 15 is 0 Å². The molecule has 2 unspecified atom stereocenters. The molecule has 1 aromatic carbocycles. The van der Waals surface area contributed by atoms with Gasteiger partial charge in [0.05, 0.1) is 0 Å². The van der Waals surface area contributed by atoms with E-state index in [-0.39, 0.29) is 0 Å². The molecule has 1 saturated heterocycles. The van der Waals surface area contributed by atoms with Crippen LogP contribution in [0.25, 0.3) is 6.08 Å². The highest BCUT2D eigenvalue weighted by atomic mass is 16.4. The lowest BCUT2D eigenvalue weighted by molar-refractivity contribution is -0.131. The molecular weight excluding hydrogens is 238 g/mol. The van der Waals surface area contributed by atoms with Gasteiger partial charge in [0, 0.05) is 25.2 Å². The fraction of sp³-hybridized carbons (Fsp3) is 0.438. The summed E-state index contributed by atoms with van der Waals surface area (Å²) in [6.07, 6.45) is 4.13. The highest BCUT2D eigenvalue weighted by Crippen LogP contribution is 2.25. The average molecular weight is 259 g/mol. The first kappa shape index (κ1) is 13.8. The third kappa shape index (κ3) is 3.67. The fourth-order valence-electron chi connectivity index (χ4n) is 2.83. The first-order chi connectivity index (χ1) is 9.06. The standard InChI is InChI=1S/C16H21NO2/c1-12-9-13(2)17(10-12)11-15-6-4-3-5-14(15)7-8-16(18)19/h3-8,12-13H,9-11H2,1-2H3,(H,18,19)/b8-7+. The van der Waals surface area contributed by atoms with Crippen LogP contribution < -0.4 is 0 Å². The van der Waals surface area contributed by atoms with Crippen LogP contribution in [0.15, 0.2) is 30.3 Å². The third-order valence-electron chi connectivity index (χ3n) is 3.75. The number of carboxylic acid groups (broad SMARTS) is 1. The van der Waals surface area contributed by atoms with Crippen molar-refractivity contribution < 1.29 is 9.90 Å². The highest BCUT2D eigenvalue weighted by Gasteiger charge is 2.26. The van der Waals surface area contributed by atoms with E-state index in [4.69, 9.17) is 5.11 Å². The Morgan fingerprint density at radius 2 is 2.16 bits per heavy atom. The summed E-state index contributed by atoms with van der Waals surface area (Å²) in [5, 5.41) is 8.73. The molecule has 0 saturated carbocycles. The van der Waals surface area contributed by atoms with Gasteiger partial charge < -0.3 is 5.11 Å². The van der Waals surface area contributed by atoms with E-state index in [1.165, 1.54) is 18.1 Å². The topological polar surface area (TPSA) is 40.5 Å². The summed E-state index contributed by atoms with van der Waals surface area (Å²) in [4.78, 5) is 13.1. The molecule has 0 aromatic heterocycles. The molecule has 0 aliphatic carbocycles. The lowest BCUT2D eigenvalue weighted by Gasteiger charge is -2.22. The zero-order valence-electron chi connectivity index (χ0n) is 11.5. The molecule has 1 fully saturated rings. The smallest absolute Gasteiger partial charge is 0.328 e. The Kier molecular flexibility index (Phi) is 4.38. The van der Waals surface area contributed by atoms with Gasteiger partial charge in [-0.3, -0.25) is 4.90 Å². The minimum Gasteiger partial charge on any atom is -0.478 e. The maximum Gasteiger partial charge on any atom is 0.328 e. The summed E-state index contributed by atoms with van der Waals surface area (Å²) in [6.45, 7) is 6.57. The first-order valence-electron chi connectivity index (χ1n) is 6.79. The molecule has 0 spiro atoms. The Hall–Kier alpha value is -1.61. The summed E-state index contributed by atoms with van der Waals surface area (Å²) < 4.78 is 0. The molecular formula is C16H21NO2. The summed E-state index contributed by atoms with van der Waals surface area (Å²) in [6, 6.07) is 8.61. The van der Waals surface area contributed by atoms with Gasteiger partial charge in [0.2, 0.25) is 0 Å². The van der Waals surface area contributed by atoms with Crippen LogP contribution in [0.2, 0.25) is 0 Å². The van der Waals surface area contributed by atoms with Gasteiger partial charge in [-0.15, -0.1) is 0 Å². The van der Waals surface area contributed by atoms with E-state index < -0.39 is 5.97 Å². The van der Waals surface area contributed by atoms with Crippen molar-refractivity contribution in [1.29, 1.82) is 0 Å². The summed E-state index contributed by atoms with van der Waals surface area (Å²) in [5.74, 6) is -0.158. The van der Waals surface area contributed by atoms with Crippen molar-refractivity contribution in [1.82, 2.24) is 4.90 Å². The first-order valence-corrected chi connectivity index (χ1v) is 6.79. The van der Waals surface area contributed by atoms with Crippen LogP contribution in [-0.2, 0) is 11.3 Å². The number of carboxylic acids is 1. The van der Waals surface area contributed by atoms with Crippen LogP contribution >= 0.6 is 0 Å². The van der Waals surface area contributed by atoms with Crippen LogP contribution in [0.5, 0.6) is 0 Å². The normalized spacial score (nSPS) is 24.1. The molecule has 19 heavy (non-hydrogen) atoms. The van der Waals surface area contributed by atoms with Crippen LogP contribution in [0.3, 0.4) is 0 Å². The van der Waals surface area contributed by atoms with Crippen LogP contribution in [0.4, 0.5) is 0 Å². The van der Waals surface area contributed by atoms with Crippen LogP contribution in [0.1, 0.15) is 31.4 Å². The molecule has 1 aliphatic heterocycles. The molecule has 1 heterocycles. The Morgan fingerprint density at radius 3 is 2.79 bits per heavy atom. The number of rotatable bonds is 4. The second-order valence-electron chi connectivity index (χ2n) is 5.49. The van der Waals surface area contributed by atoms with E-state index in [0.717, 1.165) is 24.6 Å². The maximum absolute atomic E-state index is 10.6. The van der Waals surface area contributed by atoms with Crippen molar-refractivity contribution in [2.24, 2.45) is 5.92 Å². The molecule has 1 aromatic rings. The lowest BCUT2D eigenvalue weighted by Crippen LogP contribution is -2.26. The van der Waals surface area contributed by atoms with Crippen molar-refractivity contribution in [3.05, 3.63) is 41.5 Å². The third-order valence-corrected chi connectivity index (χ3v) is 3.75. The number of hydrogen-bond acceptors (Lipinski definition) is 2. The fourth-order valence-corrected chi connectivity index (χ4v) is 2.83. The molecule has 0 radical (unpaired) electrons. The molecule has 2 rings (SSSR count). The summed E-state index contributed by atoms with van der Waals surface area (Å²) in [7, 11) is 0. The Morgan fingerprint density at radius 1 is 1.42 bits per heavy atom. The van der Waals surface area contributed by atoms with Crippen LogP contribution in [0, 0.1) is 5.92 Å². The maximum atomic E-state index is 10.6. The average Bonchev–Trinajstić information content (AvgIpc) is 2.67. The predicted octanol–water partition coefficient (Wildman–Crippen LogP) is 3.01. The molecule has 3 nitrogen and oxygen atoms in total. The molecule has 3 heteroatoms. The van der Waals surface area contributed by atoms with Gasteiger partial charge in [-0.05, 0) is 36.5 Å². The van der Waals surface area contributed by atoms with Crippen molar-refractivity contribution in [2.75, 3.05) is 6.54 Å². The van der Waals surface area contributed by atoms with Gasteiger partial charge in [0.25, 0.3) is 0 Å². The number of hydrogen-bond donors (Lipinski definition) is 1. The number of aliphatic carboxylic acids is 1. The second-order valence-corrected chi connectivity index (χ2v) is 5.49. The minimum absolute atomic E-state index is 0.603. The van der Waals surface area contributed by atoms with E-state index in [1.807, 2.05) is 18.2 Å². The zero-order chi connectivity index (χ0) is 13.8. The second kappa shape index (κ2) is 6.02. The van der Waals surface area contributed by atoms with Gasteiger partial charge in [-0.25, -0.2) is 4.79 Å². The van der Waals surface area contributed by atoms with Crippen molar-refractivity contribution in [3.8, 4) is 0 Å². The largest absolute Gasteiger partial charge is 0.478 e. The van der Waals surface area contributed by atoms with Crippen LogP contribution in [-0.4, -0.2) is 28.6 Å². The van der Waals surface area contributed by atoms with Crippen molar-refractivity contribution in [3.63, 3.8) is 0 Å². The van der Waals surface area contributed by atoms with Gasteiger partial charge in [-0.2, -0.15) is 0 Å². The minimum atomic E-state index is -0.905. The molecule has 0 bridgehead atoms. The van der Waals surface area contributed by atoms with E-state index in [2.05, 4.69) is 24.8 Å². The molecule has 1 aliphatic rings. The van der Waals surface area contributed by atoms with E-state index in [1.54, 1.807) is 6.08 Å². The Labute approximate surface area is 114 Å². The van der Waals surface area contributed by atoms with Gasteiger partial charge in [0.15, 0.2) is 0 Å². The van der Waals surface area contributed by atoms with Gasteiger partial charge >= 0.3 is 5.97 Å². The summed E-state index contributed by atoms with van der Waals surface area (Å²) >= 11 is 0. The van der Waals surface area contributed by atoms with E-state index in [0.29, 0.717) is 6.04 Å². The number of likely N-dealkylation sites (tertiary alicyclic amines) is 1. The van der Waals surface area contributed by atoms with Crippen molar-refractivity contribution in [2.45, 2.75) is 32.9 Å². The Bertz CT molecular complexity index is 481. The molecule has 2 atom stereocenters. The zero-order valence-corrected chi connectivity index (χ0v) is 11.5. The molecule has 1 N–H and O–H groups in total.